The molecule has 0 aromatic carbocycles. The van der Waals surface area contributed by atoms with Crippen molar-refractivity contribution in [3.63, 3.8) is 0 Å². The van der Waals surface area contributed by atoms with E-state index in [4.69, 9.17) is 10.2 Å². The minimum absolute atomic E-state index is 0.222. The van der Waals surface area contributed by atoms with E-state index in [9.17, 15) is 0 Å². The van der Waals surface area contributed by atoms with Crippen LogP contribution in [0.1, 0.15) is 5.69 Å². The van der Waals surface area contributed by atoms with Crippen molar-refractivity contribution >= 4 is 21.9 Å². The van der Waals surface area contributed by atoms with Gasteiger partial charge in [0.05, 0.1) is 5.69 Å². The van der Waals surface area contributed by atoms with Crippen LogP contribution in [-0.4, -0.2) is 4.98 Å². The van der Waals surface area contributed by atoms with Crippen LogP contribution in [0.3, 0.4) is 0 Å². The molecule has 2 N–H and O–H groups in total. The summed E-state index contributed by atoms with van der Waals surface area (Å²) in [5, 5.41) is 0.688. The summed E-state index contributed by atoms with van der Waals surface area (Å²) in [6.45, 7) is 0. The maximum Gasteiger partial charge on any atom is 0.292 e. The lowest BCUT2D eigenvalue weighted by molar-refractivity contribution is 0.579. The fraction of sp³-hybridized carbons (Fsp3) is 0.250. The Kier molecular flexibility index (Phi) is 1.53. The zero-order chi connectivity index (χ0) is 5.98. The van der Waals surface area contributed by atoms with Gasteiger partial charge in [-0.15, -0.1) is 0 Å². The van der Waals surface area contributed by atoms with Crippen LogP contribution in [0.5, 0.6) is 0 Å². The highest BCUT2D eigenvalue weighted by Gasteiger charge is 1.94. The van der Waals surface area contributed by atoms with E-state index in [1.807, 2.05) is 0 Å². The minimum atomic E-state index is 0.222. The molecule has 0 amide bonds. The van der Waals surface area contributed by atoms with Crippen molar-refractivity contribution in [1.29, 1.82) is 0 Å². The van der Waals surface area contributed by atoms with E-state index in [-0.39, 0.29) is 6.01 Å². The summed E-state index contributed by atoms with van der Waals surface area (Å²) in [6, 6.07) is 0.222. The molecule has 1 heterocycles. The predicted octanol–water partition coefficient (Wildman–Crippen LogP) is 1.15. The fourth-order valence-corrected chi connectivity index (χ4v) is 0.642. The van der Waals surface area contributed by atoms with Crippen LogP contribution in [0.4, 0.5) is 6.01 Å². The maximum atomic E-state index is 5.16. The summed E-state index contributed by atoms with van der Waals surface area (Å²) in [5.74, 6) is 0. The summed E-state index contributed by atoms with van der Waals surface area (Å²) < 4.78 is 4.69. The highest BCUT2D eigenvalue weighted by molar-refractivity contribution is 9.08. The smallest absolute Gasteiger partial charge is 0.292 e. The molecule has 0 aliphatic carbocycles. The summed E-state index contributed by atoms with van der Waals surface area (Å²) in [4.78, 5) is 3.79. The summed E-state index contributed by atoms with van der Waals surface area (Å²) in [7, 11) is 0. The fourth-order valence-electron chi connectivity index (χ4n) is 0.384. The lowest BCUT2D eigenvalue weighted by atomic mass is 10.6. The first kappa shape index (κ1) is 5.62. The first-order valence-corrected chi connectivity index (χ1v) is 3.21. The van der Waals surface area contributed by atoms with Crippen LogP contribution in [0.25, 0.3) is 0 Å². The average molecular weight is 177 g/mol. The van der Waals surface area contributed by atoms with Gasteiger partial charge >= 0.3 is 0 Å². The molecule has 1 rings (SSSR count). The Morgan fingerprint density at radius 1 is 1.88 bits per heavy atom. The molecule has 4 heteroatoms. The second-order valence-electron chi connectivity index (χ2n) is 1.31. The lowest BCUT2D eigenvalue weighted by Gasteiger charge is -1.75. The quantitative estimate of drug-likeness (QED) is 0.654. The Morgan fingerprint density at radius 3 is 2.88 bits per heavy atom. The van der Waals surface area contributed by atoms with E-state index in [0.717, 1.165) is 5.69 Å². The maximum absolute atomic E-state index is 5.16. The van der Waals surface area contributed by atoms with Crippen LogP contribution in [0, 0.1) is 0 Å². The molecular weight excluding hydrogens is 172 g/mol. The molecule has 0 bridgehead atoms. The van der Waals surface area contributed by atoms with Crippen molar-refractivity contribution in [3.05, 3.63) is 12.0 Å². The second kappa shape index (κ2) is 2.17. The molecule has 0 aliphatic rings. The van der Waals surface area contributed by atoms with E-state index >= 15 is 0 Å². The Labute approximate surface area is 55.0 Å². The van der Waals surface area contributed by atoms with Crippen molar-refractivity contribution in [3.8, 4) is 0 Å². The van der Waals surface area contributed by atoms with Gasteiger partial charge in [-0.25, -0.2) is 0 Å². The number of nitrogens with zero attached hydrogens (tertiary/aromatic N) is 1. The van der Waals surface area contributed by atoms with E-state index in [1.54, 1.807) is 0 Å². The second-order valence-corrected chi connectivity index (χ2v) is 1.87. The molecule has 0 aliphatic heterocycles. The molecule has 1 aromatic rings. The van der Waals surface area contributed by atoms with Gasteiger partial charge in [-0.05, 0) is 0 Å². The van der Waals surface area contributed by atoms with E-state index < -0.39 is 0 Å². The monoisotopic (exact) mass is 176 g/mol. The molecule has 0 saturated heterocycles. The highest BCUT2D eigenvalue weighted by Crippen LogP contribution is 2.05. The number of anilines is 1. The first-order valence-electron chi connectivity index (χ1n) is 2.09. The number of nitrogen functional groups attached to an aromatic ring is 1. The normalized spacial score (nSPS) is 9.62. The van der Waals surface area contributed by atoms with Crippen molar-refractivity contribution in [2.75, 3.05) is 5.73 Å². The molecule has 1 aromatic heterocycles. The van der Waals surface area contributed by atoms with Crippen LogP contribution in [0.2, 0.25) is 0 Å². The number of aromatic nitrogens is 1. The first-order chi connectivity index (χ1) is 3.83. The summed E-state index contributed by atoms with van der Waals surface area (Å²) in [6.07, 6.45) is 1.52. The Hall–Kier alpha value is -0.510. The van der Waals surface area contributed by atoms with E-state index in [1.165, 1.54) is 6.26 Å². The number of halogens is 1. The summed E-state index contributed by atoms with van der Waals surface area (Å²) in [5.41, 5.74) is 5.98. The van der Waals surface area contributed by atoms with Gasteiger partial charge in [-0.1, -0.05) is 15.9 Å². The number of rotatable bonds is 1. The standard InChI is InChI=1S/C4H5BrN2O/c5-1-3-2-8-4(6)7-3/h2H,1H2,(H2,6,7). The molecule has 0 unspecified atom stereocenters. The zero-order valence-electron chi connectivity index (χ0n) is 4.10. The SMILES string of the molecule is Nc1nc(CBr)co1. The van der Waals surface area contributed by atoms with E-state index in [0.29, 0.717) is 5.33 Å². The van der Waals surface area contributed by atoms with Crippen LogP contribution >= 0.6 is 15.9 Å². The largest absolute Gasteiger partial charge is 0.432 e. The molecule has 44 valence electrons. The van der Waals surface area contributed by atoms with Crippen molar-refractivity contribution in [2.24, 2.45) is 0 Å². The minimum Gasteiger partial charge on any atom is -0.432 e. The Morgan fingerprint density at radius 2 is 2.62 bits per heavy atom. The van der Waals surface area contributed by atoms with E-state index in [2.05, 4.69) is 20.9 Å². The van der Waals surface area contributed by atoms with Gasteiger partial charge in [0.1, 0.15) is 6.26 Å². The van der Waals surface area contributed by atoms with Gasteiger partial charge in [0, 0.05) is 5.33 Å². The topological polar surface area (TPSA) is 52.0 Å². The van der Waals surface area contributed by atoms with Gasteiger partial charge in [0.2, 0.25) is 0 Å². The Balaban J connectivity index is 2.84. The third kappa shape index (κ3) is 1.01. The van der Waals surface area contributed by atoms with Crippen LogP contribution in [0.15, 0.2) is 10.7 Å². The molecule has 8 heavy (non-hydrogen) atoms. The van der Waals surface area contributed by atoms with Crippen molar-refractivity contribution in [1.82, 2.24) is 4.98 Å². The number of hydrogen-bond donors (Lipinski definition) is 1. The zero-order valence-corrected chi connectivity index (χ0v) is 5.68. The average Bonchev–Trinajstić information content (AvgIpc) is 2.14. The summed E-state index contributed by atoms with van der Waals surface area (Å²) >= 11 is 3.19. The molecule has 0 spiro atoms. The van der Waals surface area contributed by atoms with Crippen LogP contribution in [-0.2, 0) is 5.33 Å². The number of oxazole rings is 1. The van der Waals surface area contributed by atoms with Crippen LogP contribution < -0.4 is 5.73 Å². The van der Waals surface area contributed by atoms with Gasteiger partial charge in [-0.2, -0.15) is 4.98 Å². The molecule has 0 atom stereocenters. The molecule has 3 nitrogen and oxygen atoms in total. The lowest BCUT2D eigenvalue weighted by Crippen LogP contribution is -1.83. The van der Waals surface area contributed by atoms with Crippen molar-refractivity contribution < 1.29 is 4.42 Å². The highest BCUT2D eigenvalue weighted by atomic mass is 79.9. The van der Waals surface area contributed by atoms with Gasteiger partial charge < -0.3 is 10.2 Å². The molecule has 0 fully saturated rings. The molecule has 0 saturated carbocycles. The number of nitrogens with two attached hydrogens (primary N) is 1. The van der Waals surface area contributed by atoms with Gasteiger partial charge in [0.15, 0.2) is 0 Å². The molecule has 0 radical (unpaired) electrons. The number of alkyl halides is 1. The molecular formula is C4H5BrN2O. The predicted molar refractivity (Wildman–Crippen MR) is 33.5 cm³/mol. The van der Waals surface area contributed by atoms with Gasteiger partial charge in [-0.3, -0.25) is 0 Å². The third-order valence-corrected chi connectivity index (χ3v) is 1.28. The number of hydrogen-bond acceptors (Lipinski definition) is 3. The Bertz CT molecular complexity index is 174. The van der Waals surface area contributed by atoms with Gasteiger partial charge in [0.25, 0.3) is 6.01 Å². The third-order valence-electron chi connectivity index (χ3n) is 0.706. The van der Waals surface area contributed by atoms with Crippen molar-refractivity contribution in [2.45, 2.75) is 5.33 Å².